The summed E-state index contributed by atoms with van der Waals surface area (Å²) in [5, 5.41) is 9.38. The summed E-state index contributed by atoms with van der Waals surface area (Å²) in [6.45, 7) is 0.0814. The van der Waals surface area contributed by atoms with E-state index in [9.17, 15) is 8.42 Å². The van der Waals surface area contributed by atoms with Gasteiger partial charge in [0.05, 0.1) is 10.6 Å². The van der Waals surface area contributed by atoms with Gasteiger partial charge in [-0.25, -0.2) is 13.1 Å². The van der Waals surface area contributed by atoms with Gasteiger partial charge in [0.1, 0.15) is 11.9 Å². The van der Waals surface area contributed by atoms with Gasteiger partial charge < -0.3 is 5.73 Å². The summed E-state index contributed by atoms with van der Waals surface area (Å²) >= 11 is 0. The molecule has 8 heteroatoms. The minimum atomic E-state index is -3.67. The molecule has 1 aliphatic heterocycles. The number of amidine groups is 1. The quantitative estimate of drug-likeness (QED) is 0.369. The first-order chi connectivity index (χ1) is 13.9. The molecule has 0 amide bonds. The molecule has 7 nitrogen and oxygen atoms in total. The lowest BCUT2D eigenvalue weighted by Gasteiger charge is -2.10. The van der Waals surface area contributed by atoms with E-state index in [2.05, 4.69) is 10.2 Å². The largest absolute Gasteiger partial charge is 0.384 e. The van der Waals surface area contributed by atoms with Crippen LogP contribution in [0.4, 0.5) is 0 Å². The summed E-state index contributed by atoms with van der Waals surface area (Å²) in [6.07, 6.45) is 1.32. The number of benzene rings is 3. The molecule has 3 aromatic rings. The number of hydrogen-bond acceptors (Lipinski definition) is 5. The highest BCUT2D eigenvalue weighted by molar-refractivity contribution is 7.89. The molecule has 1 unspecified atom stereocenters. The van der Waals surface area contributed by atoms with Crippen molar-refractivity contribution in [2.75, 3.05) is 6.54 Å². The molecule has 1 atom stereocenters. The summed E-state index contributed by atoms with van der Waals surface area (Å²) in [4.78, 5) is 5.68. The topological polar surface area (TPSA) is 117 Å². The van der Waals surface area contributed by atoms with E-state index in [4.69, 9.17) is 16.0 Å². The molecule has 0 saturated heterocycles. The third-order valence-corrected chi connectivity index (χ3v) is 6.08. The third-order valence-electron chi connectivity index (χ3n) is 4.66. The molecule has 0 spiro atoms. The molecule has 0 saturated carbocycles. The van der Waals surface area contributed by atoms with Crippen molar-refractivity contribution in [1.29, 1.82) is 5.41 Å². The fourth-order valence-electron chi connectivity index (χ4n) is 3.11. The predicted molar refractivity (Wildman–Crippen MR) is 113 cm³/mol. The highest BCUT2D eigenvalue weighted by Crippen LogP contribution is 2.21. The van der Waals surface area contributed by atoms with E-state index in [0.717, 1.165) is 16.3 Å². The first kappa shape index (κ1) is 19.1. The molecule has 3 aromatic carbocycles. The maximum absolute atomic E-state index is 12.7. The Kier molecular flexibility index (Phi) is 5.06. The average molecular weight is 408 g/mol. The molecule has 1 heterocycles. The van der Waals surface area contributed by atoms with E-state index in [-0.39, 0.29) is 17.3 Å². The molecule has 0 aliphatic carbocycles. The van der Waals surface area contributed by atoms with Crippen molar-refractivity contribution < 1.29 is 13.3 Å². The van der Waals surface area contributed by atoms with Gasteiger partial charge in [0.2, 0.25) is 10.0 Å². The zero-order valence-corrected chi connectivity index (χ0v) is 16.2. The van der Waals surface area contributed by atoms with Crippen molar-refractivity contribution in [3.8, 4) is 0 Å². The maximum atomic E-state index is 12.7. The maximum Gasteiger partial charge on any atom is 0.240 e. The van der Waals surface area contributed by atoms with Crippen LogP contribution in [0.2, 0.25) is 0 Å². The average Bonchev–Trinajstić information content (AvgIpc) is 3.21. The van der Waals surface area contributed by atoms with Gasteiger partial charge in [0.15, 0.2) is 0 Å². The SMILES string of the molecule is N=C(N)c1cccc(C2=CC(CNS(=O)(=O)c3ccc4ccccc4c3)ON2)c1. The number of nitrogens with two attached hydrogens (primary N) is 1. The molecule has 0 bridgehead atoms. The molecule has 0 radical (unpaired) electrons. The van der Waals surface area contributed by atoms with Crippen molar-refractivity contribution >= 4 is 32.3 Å². The normalized spacial score (nSPS) is 16.4. The van der Waals surface area contributed by atoms with Crippen molar-refractivity contribution in [2.45, 2.75) is 11.0 Å². The van der Waals surface area contributed by atoms with Crippen LogP contribution in [0.1, 0.15) is 11.1 Å². The number of nitrogens with one attached hydrogen (secondary N) is 3. The Morgan fingerprint density at radius 3 is 2.66 bits per heavy atom. The van der Waals surface area contributed by atoms with Crippen LogP contribution in [0.15, 0.2) is 77.7 Å². The number of rotatable bonds is 6. The van der Waals surface area contributed by atoms with Crippen LogP contribution in [0.5, 0.6) is 0 Å². The molecular weight excluding hydrogens is 388 g/mol. The Bertz CT molecular complexity index is 1220. The molecule has 5 N–H and O–H groups in total. The first-order valence-electron chi connectivity index (χ1n) is 8.99. The van der Waals surface area contributed by atoms with E-state index in [0.29, 0.717) is 11.3 Å². The summed E-state index contributed by atoms with van der Waals surface area (Å²) in [5.74, 6) is -0.0222. The molecule has 0 aromatic heterocycles. The van der Waals surface area contributed by atoms with Crippen LogP contribution in [0, 0.1) is 5.41 Å². The van der Waals surface area contributed by atoms with Crippen LogP contribution >= 0.6 is 0 Å². The Balaban J connectivity index is 1.47. The number of hydrogen-bond donors (Lipinski definition) is 4. The summed E-state index contributed by atoms with van der Waals surface area (Å²) in [6, 6.07) is 19.8. The van der Waals surface area contributed by atoms with E-state index in [1.165, 1.54) is 0 Å². The van der Waals surface area contributed by atoms with Gasteiger partial charge >= 0.3 is 0 Å². The van der Waals surface area contributed by atoms with Crippen molar-refractivity contribution in [3.63, 3.8) is 0 Å². The van der Waals surface area contributed by atoms with Crippen LogP contribution in [-0.2, 0) is 14.9 Å². The zero-order valence-electron chi connectivity index (χ0n) is 15.4. The van der Waals surface area contributed by atoms with E-state index in [1.54, 1.807) is 42.5 Å². The van der Waals surface area contributed by atoms with E-state index in [1.807, 2.05) is 30.3 Å². The Morgan fingerprint density at radius 2 is 1.86 bits per heavy atom. The highest BCUT2D eigenvalue weighted by Gasteiger charge is 2.21. The van der Waals surface area contributed by atoms with Gasteiger partial charge in [-0.3, -0.25) is 15.7 Å². The second-order valence-electron chi connectivity index (χ2n) is 6.69. The van der Waals surface area contributed by atoms with Crippen LogP contribution in [-0.4, -0.2) is 26.9 Å². The van der Waals surface area contributed by atoms with Crippen molar-refractivity contribution in [2.24, 2.45) is 5.73 Å². The second-order valence-corrected chi connectivity index (χ2v) is 8.46. The van der Waals surface area contributed by atoms with Gasteiger partial charge in [-0.2, -0.15) is 0 Å². The second kappa shape index (κ2) is 7.67. The van der Waals surface area contributed by atoms with Gasteiger partial charge in [-0.1, -0.05) is 48.5 Å². The molecule has 4 rings (SSSR count). The van der Waals surface area contributed by atoms with Crippen LogP contribution < -0.4 is 15.9 Å². The highest BCUT2D eigenvalue weighted by atomic mass is 32.2. The van der Waals surface area contributed by atoms with Gasteiger partial charge in [0.25, 0.3) is 0 Å². The Morgan fingerprint density at radius 1 is 1.07 bits per heavy atom. The fourth-order valence-corrected chi connectivity index (χ4v) is 4.19. The molecule has 148 valence electrons. The molecule has 0 fully saturated rings. The first-order valence-corrected chi connectivity index (χ1v) is 10.5. The smallest absolute Gasteiger partial charge is 0.240 e. The minimum absolute atomic E-state index is 0.0222. The fraction of sp³-hybridized carbons (Fsp3) is 0.0952. The van der Waals surface area contributed by atoms with E-state index >= 15 is 0 Å². The summed E-state index contributed by atoms with van der Waals surface area (Å²) in [7, 11) is -3.67. The van der Waals surface area contributed by atoms with Gasteiger partial charge in [-0.05, 0) is 35.0 Å². The minimum Gasteiger partial charge on any atom is -0.384 e. The lowest BCUT2D eigenvalue weighted by Crippen LogP contribution is -2.32. The van der Waals surface area contributed by atoms with Gasteiger partial charge in [-0.15, -0.1) is 0 Å². The number of fused-ring (bicyclic) bond motifs is 1. The molecule has 1 aliphatic rings. The van der Waals surface area contributed by atoms with Crippen molar-refractivity contribution in [3.05, 3.63) is 83.9 Å². The van der Waals surface area contributed by atoms with Gasteiger partial charge in [0, 0.05) is 17.7 Å². The zero-order chi connectivity index (χ0) is 20.4. The third kappa shape index (κ3) is 4.14. The number of sulfonamides is 1. The van der Waals surface area contributed by atoms with Crippen molar-refractivity contribution in [1.82, 2.24) is 10.2 Å². The van der Waals surface area contributed by atoms with Crippen LogP contribution in [0.25, 0.3) is 16.5 Å². The number of nitrogen functional groups attached to an aromatic ring is 1. The summed E-state index contributed by atoms with van der Waals surface area (Å²) in [5.41, 5.74) is 10.4. The molecular formula is C21H20N4O3S. The molecule has 29 heavy (non-hydrogen) atoms. The Hall–Kier alpha value is -3.20. The summed E-state index contributed by atoms with van der Waals surface area (Å²) < 4.78 is 27.9. The van der Waals surface area contributed by atoms with Crippen LogP contribution in [0.3, 0.4) is 0 Å². The standard InChI is InChI=1S/C21H20N4O3S/c22-21(23)17-7-3-6-16(10-17)20-12-18(28-25-20)13-24-29(26,27)19-9-8-14-4-1-2-5-15(14)11-19/h1-12,18,24-25H,13H2,(H3,22,23). The predicted octanol–water partition coefficient (Wildman–Crippen LogP) is 2.35. The Labute approximate surface area is 168 Å². The lowest BCUT2D eigenvalue weighted by atomic mass is 10.1. The monoisotopic (exact) mass is 408 g/mol. The number of hydroxylamine groups is 1. The lowest BCUT2D eigenvalue weighted by molar-refractivity contribution is 0.0547. The van der Waals surface area contributed by atoms with E-state index < -0.39 is 16.1 Å².